The largest absolute Gasteiger partial charge is 0.497 e. The maximum atomic E-state index is 12.7. The molecular weight excluding hydrogens is 302 g/mol. The molecule has 1 saturated heterocycles. The molecule has 2 rings (SSSR count). The molecule has 0 amide bonds. The molecule has 0 spiro atoms. The molecule has 7 heteroatoms. The fourth-order valence-corrected chi connectivity index (χ4v) is 4.29. The van der Waals surface area contributed by atoms with Crippen molar-refractivity contribution in [2.75, 3.05) is 27.2 Å². The number of ether oxygens (including phenoxy) is 1. The molecule has 1 aliphatic heterocycles. The van der Waals surface area contributed by atoms with Crippen LogP contribution < -0.4 is 4.74 Å². The topological polar surface area (TPSA) is 73.6 Å². The van der Waals surface area contributed by atoms with Gasteiger partial charge in [-0.25, -0.2) is 0 Å². The Hall–Kier alpha value is -1.62. The van der Waals surface area contributed by atoms with Gasteiger partial charge in [0.2, 0.25) is 0 Å². The molecule has 1 aliphatic rings. The van der Waals surface area contributed by atoms with Gasteiger partial charge >= 0.3 is 0 Å². The molecule has 1 atom stereocenters. The number of nitrogens with zero attached hydrogens (tertiary/aromatic N) is 3. The lowest BCUT2D eigenvalue weighted by Gasteiger charge is -2.28. The molecule has 1 aromatic carbocycles. The minimum absolute atomic E-state index is 0.176. The van der Waals surface area contributed by atoms with Crippen molar-refractivity contribution in [3.05, 3.63) is 29.8 Å². The quantitative estimate of drug-likeness (QED) is 0.801. The second kappa shape index (κ2) is 7.09. The normalized spacial score (nSPS) is 19.3. The molecule has 0 bridgehead atoms. The molecule has 0 aliphatic carbocycles. The molecule has 22 heavy (non-hydrogen) atoms. The van der Waals surface area contributed by atoms with Gasteiger partial charge in [0.25, 0.3) is 10.2 Å². The van der Waals surface area contributed by atoms with Crippen molar-refractivity contribution >= 4 is 10.2 Å². The van der Waals surface area contributed by atoms with Gasteiger partial charge in [-0.1, -0.05) is 12.1 Å². The summed E-state index contributed by atoms with van der Waals surface area (Å²) in [4.78, 5) is 0. The third-order valence-electron chi connectivity index (χ3n) is 3.91. The lowest BCUT2D eigenvalue weighted by Crippen LogP contribution is -2.41. The third kappa shape index (κ3) is 3.40. The fraction of sp³-hybridized carbons (Fsp3) is 0.533. The summed E-state index contributed by atoms with van der Waals surface area (Å²) in [6.45, 7) is 0.710. The maximum Gasteiger partial charge on any atom is 0.282 e. The van der Waals surface area contributed by atoms with E-state index < -0.39 is 10.2 Å². The van der Waals surface area contributed by atoms with Crippen LogP contribution in [0.1, 0.15) is 30.9 Å². The first-order chi connectivity index (χ1) is 10.5. The van der Waals surface area contributed by atoms with E-state index in [0.29, 0.717) is 6.54 Å². The highest BCUT2D eigenvalue weighted by molar-refractivity contribution is 7.86. The van der Waals surface area contributed by atoms with E-state index in [-0.39, 0.29) is 19.0 Å². The number of hydrogen-bond donors (Lipinski definition) is 0. The van der Waals surface area contributed by atoms with Crippen molar-refractivity contribution < 1.29 is 13.2 Å². The third-order valence-corrected chi connectivity index (χ3v) is 5.91. The Balaban J connectivity index is 2.24. The number of methoxy groups -OCH3 is 1. The van der Waals surface area contributed by atoms with Crippen molar-refractivity contribution in [3.8, 4) is 11.8 Å². The van der Waals surface area contributed by atoms with E-state index >= 15 is 0 Å². The first-order valence-electron chi connectivity index (χ1n) is 7.24. The van der Waals surface area contributed by atoms with Gasteiger partial charge < -0.3 is 4.74 Å². The van der Waals surface area contributed by atoms with Crippen molar-refractivity contribution in [2.24, 2.45) is 0 Å². The molecule has 0 N–H and O–H groups in total. The predicted molar refractivity (Wildman–Crippen MR) is 83.5 cm³/mol. The molecule has 0 aromatic heterocycles. The van der Waals surface area contributed by atoms with E-state index in [1.165, 1.54) is 15.7 Å². The van der Waals surface area contributed by atoms with Crippen LogP contribution in [0.3, 0.4) is 0 Å². The van der Waals surface area contributed by atoms with E-state index in [4.69, 9.17) is 10.00 Å². The van der Waals surface area contributed by atoms with Crippen LogP contribution in [-0.2, 0) is 10.2 Å². The molecule has 1 aromatic rings. The van der Waals surface area contributed by atoms with Gasteiger partial charge in [0, 0.05) is 26.6 Å². The van der Waals surface area contributed by atoms with Gasteiger partial charge in [0.15, 0.2) is 0 Å². The van der Waals surface area contributed by atoms with Crippen molar-refractivity contribution in [1.29, 1.82) is 5.26 Å². The van der Waals surface area contributed by atoms with Crippen LogP contribution in [-0.4, -0.2) is 44.3 Å². The smallest absolute Gasteiger partial charge is 0.282 e. The molecule has 1 fully saturated rings. The van der Waals surface area contributed by atoms with Crippen molar-refractivity contribution in [2.45, 2.75) is 25.3 Å². The zero-order chi connectivity index (χ0) is 16.2. The summed E-state index contributed by atoms with van der Waals surface area (Å²) in [6, 6.07) is 9.33. The average Bonchev–Trinajstić information content (AvgIpc) is 3.03. The van der Waals surface area contributed by atoms with E-state index in [1.54, 1.807) is 7.11 Å². The average molecular weight is 323 g/mol. The van der Waals surface area contributed by atoms with Gasteiger partial charge in [-0.15, -0.1) is 0 Å². The lowest BCUT2D eigenvalue weighted by molar-refractivity contribution is 0.348. The van der Waals surface area contributed by atoms with E-state index in [2.05, 4.69) is 0 Å². The minimum atomic E-state index is -3.55. The highest BCUT2D eigenvalue weighted by atomic mass is 32.2. The number of nitriles is 1. The Kier molecular flexibility index (Phi) is 5.40. The zero-order valence-corrected chi connectivity index (χ0v) is 13.7. The van der Waals surface area contributed by atoms with Crippen LogP contribution >= 0.6 is 0 Å². The first-order valence-corrected chi connectivity index (χ1v) is 8.64. The Morgan fingerprint density at radius 3 is 2.95 bits per heavy atom. The Bertz CT molecular complexity index is 654. The SMILES string of the molecule is COc1cccc(C2CCCN2S(=O)(=O)N(C)CCC#N)c1. The molecule has 0 radical (unpaired) electrons. The van der Waals surface area contributed by atoms with Crippen molar-refractivity contribution in [3.63, 3.8) is 0 Å². The van der Waals surface area contributed by atoms with E-state index in [1.807, 2.05) is 30.3 Å². The lowest BCUT2D eigenvalue weighted by atomic mass is 10.1. The monoisotopic (exact) mass is 323 g/mol. The molecule has 120 valence electrons. The Labute approximate surface area is 132 Å². The van der Waals surface area contributed by atoms with Crippen molar-refractivity contribution in [1.82, 2.24) is 8.61 Å². The van der Waals surface area contributed by atoms with Crippen LogP contribution in [0.4, 0.5) is 0 Å². The molecule has 1 unspecified atom stereocenters. The van der Waals surface area contributed by atoms with Crippen LogP contribution in [0.2, 0.25) is 0 Å². The van der Waals surface area contributed by atoms with Crippen LogP contribution in [0, 0.1) is 11.3 Å². The van der Waals surface area contributed by atoms with E-state index in [0.717, 1.165) is 24.2 Å². The van der Waals surface area contributed by atoms with Crippen LogP contribution in [0.25, 0.3) is 0 Å². The summed E-state index contributed by atoms with van der Waals surface area (Å²) in [5.74, 6) is 0.722. The molecule has 6 nitrogen and oxygen atoms in total. The molecule has 1 heterocycles. The summed E-state index contributed by atoms with van der Waals surface area (Å²) >= 11 is 0. The maximum absolute atomic E-state index is 12.7. The van der Waals surface area contributed by atoms with Crippen LogP contribution in [0.5, 0.6) is 5.75 Å². The summed E-state index contributed by atoms with van der Waals surface area (Å²) < 4.78 is 33.4. The van der Waals surface area contributed by atoms with Gasteiger partial charge in [-0.05, 0) is 30.5 Å². The van der Waals surface area contributed by atoms with Gasteiger partial charge in [-0.2, -0.15) is 22.3 Å². The Morgan fingerprint density at radius 2 is 2.27 bits per heavy atom. The van der Waals surface area contributed by atoms with Gasteiger partial charge in [0.1, 0.15) is 5.75 Å². The highest BCUT2D eigenvalue weighted by Crippen LogP contribution is 2.36. The Morgan fingerprint density at radius 1 is 1.50 bits per heavy atom. The minimum Gasteiger partial charge on any atom is -0.497 e. The number of benzene rings is 1. The molecular formula is C15H21N3O3S. The van der Waals surface area contributed by atoms with E-state index in [9.17, 15) is 8.42 Å². The number of hydrogen-bond acceptors (Lipinski definition) is 4. The first kappa shape index (κ1) is 16.7. The van der Waals surface area contributed by atoms with Gasteiger partial charge in [0.05, 0.1) is 19.2 Å². The molecule has 0 saturated carbocycles. The second-order valence-corrected chi connectivity index (χ2v) is 7.27. The highest BCUT2D eigenvalue weighted by Gasteiger charge is 2.37. The zero-order valence-electron chi connectivity index (χ0n) is 12.9. The summed E-state index contributed by atoms with van der Waals surface area (Å²) in [6.07, 6.45) is 1.80. The van der Waals surface area contributed by atoms with Gasteiger partial charge in [-0.3, -0.25) is 0 Å². The predicted octanol–water partition coefficient (Wildman–Crippen LogP) is 1.92. The van der Waals surface area contributed by atoms with Crippen LogP contribution in [0.15, 0.2) is 24.3 Å². The standard InChI is InChI=1S/C15H21N3O3S/c1-17(10-5-9-16)22(19,20)18-11-4-8-15(18)13-6-3-7-14(12-13)21-2/h3,6-7,12,15H,4-5,8,10-11H2,1-2H3. The summed E-state index contributed by atoms with van der Waals surface area (Å²) in [5.41, 5.74) is 0.939. The number of rotatable bonds is 6. The summed E-state index contributed by atoms with van der Waals surface area (Å²) in [7, 11) is -0.436. The summed E-state index contributed by atoms with van der Waals surface area (Å²) in [5, 5.41) is 8.63. The second-order valence-electron chi connectivity index (χ2n) is 5.28. The fourth-order valence-electron chi connectivity index (χ4n) is 2.70.